The molecule has 0 aliphatic carbocycles. The summed E-state index contributed by atoms with van der Waals surface area (Å²) in [5.74, 6) is 2.89. The van der Waals surface area contributed by atoms with Gasteiger partial charge in [0.1, 0.15) is 17.2 Å². The monoisotopic (exact) mass is 481 g/mol. The smallest absolute Gasteiger partial charge is 0.191 e. The number of halogens is 1. The van der Waals surface area contributed by atoms with Crippen LogP contribution < -0.4 is 24.8 Å². The molecule has 0 bridgehead atoms. The van der Waals surface area contributed by atoms with Gasteiger partial charge in [0, 0.05) is 44.9 Å². The Kier molecular flexibility index (Phi) is 11.4. The average Bonchev–Trinajstić information content (AvgIpc) is 2.63. The molecule has 1 aromatic carbocycles. The van der Waals surface area contributed by atoms with Crippen LogP contribution in [0.4, 0.5) is 0 Å². The lowest BCUT2D eigenvalue weighted by atomic mass is 10.1. The molecule has 0 aliphatic heterocycles. The fourth-order valence-corrected chi connectivity index (χ4v) is 2.22. The third-order valence-electron chi connectivity index (χ3n) is 3.94. The maximum absolute atomic E-state index is 5.47. The van der Waals surface area contributed by atoms with E-state index in [1.165, 1.54) is 0 Å². The molecule has 0 amide bonds. The quantitative estimate of drug-likeness (QED) is 0.321. The summed E-state index contributed by atoms with van der Waals surface area (Å²) in [5, 5.41) is 6.54. The first kappa shape index (κ1) is 24.6. The molecule has 0 heterocycles. The molecule has 0 saturated carbocycles. The average molecular weight is 481 g/mol. The number of nitrogens with one attached hydrogen (secondary N) is 2. The van der Waals surface area contributed by atoms with Gasteiger partial charge in [-0.2, -0.15) is 0 Å². The second-order valence-corrected chi connectivity index (χ2v) is 6.08. The van der Waals surface area contributed by atoms with Gasteiger partial charge in [-0.15, -0.1) is 24.0 Å². The summed E-state index contributed by atoms with van der Waals surface area (Å²) < 4.78 is 21.6. The zero-order chi connectivity index (χ0) is 18.9. The van der Waals surface area contributed by atoms with Crippen LogP contribution in [0.3, 0.4) is 0 Å². The number of hydrogen-bond acceptors (Lipinski definition) is 5. The van der Waals surface area contributed by atoms with Crippen LogP contribution in [0.15, 0.2) is 17.1 Å². The van der Waals surface area contributed by atoms with Gasteiger partial charge in [0.15, 0.2) is 5.96 Å². The minimum absolute atomic E-state index is 0. The molecule has 0 fully saturated rings. The molecule has 7 nitrogen and oxygen atoms in total. The number of guanidine groups is 1. The Balaban J connectivity index is 0.00000625. The van der Waals surface area contributed by atoms with Crippen LogP contribution in [0.5, 0.6) is 17.2 Å². The second kappa shape index (κ2) is 12.1. The minimum atomic E-state index is -0.264. The summed E-state index contributed by atoms with van der Waals surface area (Å²) in [6.45, 7) is 5.35. The van der Waals surface area contributed by atoms with Crippen molar-refractivity contribution in [1.29, 1.82) is 0 Å². The first-order valence-electron chi connectivity index (χ1n) is 8.19. The van der Waals surface area contributed by atoms with Gasteiger partial charge in [0.25, 0.3) is 0 Å². The van der Waals surface area contributed by atoms with E-state index in [0.29, 0.717) is 25.3 Å². The molecule has 150 valence electrons. The molecule has 0 aromatic heterocycles. The standard InChI is InChI=1S/C18H31N3O4.HI/c1-18(2,25-7)12-21-17(19-3)20-9-8-14-15(23-5)10-13(22-4)11-16(14)24-6;/h10-11H,8-9,12H2,1-7H3,(H2,19,20,21);1H. The summed E-state index contributed by atoms with van der Waals surface area (Å²) in [6.07, 6.45) is 0.713. The van der Waals surface area contributed by atoms with Crippen molar-refractivity contribution in [1.82, 2.24) is 10.6 Å². The van der Waals surface area contributed by atoms with Crippen molar-refractivity contribution in [3.63, 3.8) is 0 Å². The number of nitrogens with zero attached hydrogens (tertiary/aromatic N) is 1. The molecule has 0 radical (unpaired) electrons. The Bertz CT molecular complexity index is 555. The highest BCUT2D eigenvalue weighted by Crippen LogP contribution is 2.34. The maximum Gasteiger partial charge on any atom is 0.191 e. The summed E-state index contributed by atoms with van der Waals surface area (Å²) in [4.78, 5) is 4.23. The molecular formula is C18H32IN3O4. The molecule has 8 heteroatoms. The topological polar surface area (TPSA) is 73.3 Å². The number of ether oxygens (including phenoxy) is 4. The lowest BCUT2D eigenvalue weighted by Gasteiger charge is -2.24. The van der Waals surface area contributed by atoms with Gasteiger partial charge < -0.3 is 29.6 Å². The van der Waals surface area contributed by atoms with Crippen LogP contribution in [-0.2, 0) is 11.2 Å². The molecule has 26 heavy (non-hydrogen) atoms. The van der Waals surface area contributed by atoms with Crippen molar-refractivity contribution in [3.05, 3.63) is 17.7 Å². The molecule has 1 rings (SSSR count). The normalized spacial score (nSPS) is 11.4. The lowest BCUT2D eigenvalue weighted by molar-refractivity contribution is 0.0268. The molecule has 0 saturated heterocycles. The van der Waals surface area contributed by atoms with E-state index in [1.54, 1.807) is 35.5 Å². The van der Waals surface area contributed by atoms with Crippen molar-refractivity contribution in [3.8, 4) is 17.2 Å². The third-order valence-corrected chi connectivity index (χ3v) is 3.94. The van der Waals surface area contributed by atoms with Crippen molar-refractivity contribution >= 4 is 29.9 Å². The first-order valence-corrected chi connectivity index (χ1v) is 8.19. The highest BCUT2D eigenvalue weighted by atomic mass is 127. The SMILES string of the molecule is CN=C(NCCc1c(OC)cc(OC)cc1OC)NCC(C)(C)OC.I. The Morgan fingerprint density at radius 3 is 2.00 bits per heavy atom. The first-order chi connectivity index (χ1) is 11.9. The fourth-order valence-electron chi connectivity index (χ4n) is 2.22. The Morgan fingerprint density at radius 1 is 1.00 bits per heavy atom. The maximum atomic E-state index is 5.47. The summed E-state index contributed by atoms with van der Waals surface area (Å²) >= 11 is 0. The van der Waals surface area contributed by atoms with E-state index in [0.717, 1.165) is 23.0 Å². The Morgan fingerprint density at radius 2 is 1.58 bits per heavy atom. The molecule has 0 aliphatic rings. The predicted molar refractivity (Wildman–Crippen MR) is 116 cm³/mol. The fraction of sp³-hybridized carbons (Fsp3) is 0.611. The van der Waals surface area contributed by atoms with E-state index >= 15 is 0 Å². The number of aliphatic imine (C=N–C) groups is 1. The summed E-state index contributed by atoms with van der Waals surface area (Å²) in [7, 11) is 8.33. The summed E-state index contributed by atoms with van der Waals surface area (Å²) in [5.41, 5.74) is 0.714. The zero-order valence-electron chi connectivity index (χ0n) is 16.8. The van der Waals surface area contributed by atoms with Crippen LogP contribution in [0, 0.1) is 0 Å². The third kappa shape index (κ3) is 7.45. The number of methoxy groups -OCH3 is 4. The van der Waals surface area contributed by atoms with Crippen molar-refractivity contribution < 1.29 is 18.9 Å². The van der Waals surface area contributed by atoms with Gasteiger partial charge in [0.05, 0.1) is 26.9 Å². The molecule has 2 N–H and O–H groups in total. The molecule has 0 unspecified atom stereocenters. The van der Waals surface area contributed by atoms with Crippen LogP contribution in [0.2, 0.25) is 0 Å². The second-order valence-electron chi connectivity index (χ2n) is 6.08. The van der Waals surface area contributed by atoms with Gasteiger partial charge in [-0.3, -0.25) is 4.99 Å². The van der Waals surface area contributed by atoms with Gasteiger partial charge in [0.2, 0.25) is 0 Å². The zero-order valence-corrected chi connectivity index (χ0v) is 19.1. The van der Waals surface area contributed by atoms with Crippen LogP contribution >= 0.6 is 24.0 Å². The minimum Gasteiger partial charge on any atom is -0.496 e. The molecular weight excluding hydrogens is 449 g/mol. The van der Waals surface area contributed by atoms with E-state index in [-0.39, 0.29) is 29.6 Å². The number of hydrogen-bond donors (Lipinski definition) is 2. The largest absolute Gasteiger partial charge is 0.496 e. The molecule has 1 aromatic rings. The van der Waals surface area contributed by atoms with E-state index in [4.69, 9.17) is 18.9 Å². The van der Waals surface area contributed by atoms with Crippen molar-refractivity contribution in [2.75, 3.05) is 48.6 Å². The van der Waals surface area contributed by atoms with Crippen molar-refractivity contribution in [2.45, 2.75) is 25.9 Å². The van der Waals surface area contributed by atoms with Gasteiger partial charge in [-0.25, -0.2) is 0 Å². The lowest BCUT2D eigenvalue weighted by Crippen LogP contribution is -2.45. The highest BCUT2D eigenvalue weighted by Gasteiger charge is 2.17. The van der Waals surface area contributed by atoms with E-state index in [2.05, 4.69) is 15.6 Å². The molecule has 0 atom stereocenters. The van der Waals surface area contributed by atoms with E-state index in [1.807, 2.05) is 26.0 Å². The van der Waals surface area contributed by atoms with E-state index < -0.39 is 0 Å². The van der Waals surface area contributed by atoms with Gasteiger partial charge >= 0.3 is 0 Å². The summed E-state index contributed by atoms with van der Waals surface area (Å²) in [6, 6.07) is 3.71. The highest BCUT2D eigenvalue weighted by molar-refractivity contribution is 14.0. The van der Waals surface area contributed by atoms with Crippen LogP contribution in [0.25, 0.3) is 0 Å². The number of rotatable bonds is 9. The van der Waals surface area contributed by atoms with Gasteiger partial charge in [-0.1, -0.05) is 0 Å². The molecule has 0 spiro atoms. The number of benzene rings is 1. The van der Waals surface area contributed by atoms with Crippen molar-refractivity contribution in [2.24, 2.45) is 4.99 Å². The Hall–Kier alpha value is -1.42. The van der Waals surface area contributed by atoms with E-state index in [9.17, 15) is 0 Å². The van der Waals surface area contributed by atoms with Gasteiger partial charge in [-0.05, 0) is 20.3 Å². The van der Waals surface area contributed by atoms with Crippen LogP contribution in [-0.4, -0.2) is 60.1 Å². The predicted octanol–water partition coefficient (Wildman–Crippen LogP) is 2.46. The van der Waals surface area contributed by atoms with Crippen LogP contribution in [0.1, 0.15) is 19.4 Å². The Labute approximate surface area is 173 Å².